The summed E-state index contributed by atoms with van der Waals surface area (Å²) in [4.78, 5) is 24.7. The van der Waals surface area contributed by atoms with Crippen LogP contribution < -0.4 is 15.8 Å². The molecule has 0 bridgehead atoms. The molecule has 7 heteroatoms. The summed E-state index contributed by atoms with van der Waals surface area (Å²) in [6, 6.07) is 6.28. The zero-order valence-corrected chi connectivity index (χ0v) is 11.6. The molecule has 0 fully saturated rings. The van der Waals surface area contributed by atoms with Gasteiger partial charge in [-0.1, -0.05) is 12.1 Å². The average Bonchev–Trinajstić information content (AvgIpc) is 2.45. The molecule has 3 N–H and O–H groups in total. The van der Waals surface area contributed by atoms with Gasteiger partial charge in [-0.05, 0) is 19.1 Å². The number of hydrogen-bond acceptors (Lipinski definition) is 5. The lowest BCUT2D eigenvalue weighted by molar-refractivity contribution is 0.118. The topological polar surface area (TPSA) is 93.9 Å². The number of nitrogens with two attached hydrogens (primary N) is 1. The van der Waals surface area contributed by atoms with Crippen LogP contribution in [0.3, 0.4) is 0 Å². The third-order valence-corrected chi connectivity index (χ3v) is 2.43. The van der Waals surface area contributed by atoms with Crippen molar-refractivity contribution in [1.82, 2.24) is 4.90 Å². The molecule has 0 atom stereocenters. The van der Waals surface area contributed by atoms with E-state index in [1.807, 2.05) is 0 Å². The number of imide groups is 1. The van der Waals surface area contributed by atoms with Gasteiger partial charge in [0.2, 0.25) is 0 Å². The maximum atomic E-state index is 12.1. The van der Waals surface area contributed by atoms with E-state index in [4.69, 9.17) is 15.2 Å². The normalized spacial score (nSPS) is 9.75. The zero-order valence-electron chi connectivity index (χ0n) is 11.6. The van der Waals surface area contributed by atoms with Gasteiger partial charge in [-0.2, -0.15) is 0 Å². The summed E-state index contributed by atoms with van der Waals surface area (Å²) < 4.78 is 9.93. The molecule has 110 valence electrons. The molecule has 0 spiro atoms. The third kappa shape index (κ3) is 4.13. The monoisotopic (exact) mass is 281 g/mol. The predicted octanol–water partition coefficient (Wildman–Crippen LogP) is 1.64. The Morgan fingerprint density at radius 2 is 2.05 bits per heavy atom. The lowest BCUT2D eigenvalue weighted by Gasteiger charge is -2.20. The molecule has 20 heavy (non-hydrogen) atoms. The number of rotatable bonds is 5. The Hall–Kier alpha value is -2.28. The van der Waals surface area contributed by atoms with Crippen LogP contribution in [0.5, 0.6) is 5.75 Å². The van der Waals surface area contributed by atoms with Crippen molar-refractivity contribution in [3.8, 4) is 5.75 Å². The van der Waals surface area contributed by atoms with Crippen LogP contribution in [0.25, 0.3) is 0 Å². The number of nitrogens with zero attached hydrogens (tertiary/aromatic N) is 1. The van der Waals surface area contributed by atoms with Crippen LogP contribution in [0.2, 0.25) is 0 Å². The molecule has 0 saturated carbocycles. The van der Waals surface area contributed by atoms with Crippen LogP contribution in [0.4, 0.5) is 15.3 Å². The fourth-order valence-corrected chi connectivity index (χ4v) is 1.54. The quantitative estimate of drug-likeness (QED) is 0.855. The first kappa shape index (κ1) is 15.8. The Morgan fingerprint density at radius 1 is 1.35 bits per heavy atom. The minimum atomic E-state index is -0.731. The van der Waals surface area contributed by atoms with Crippen molar-refractivity contribution in [2.45, 2.75) is 6.92 Å². The fourth-order valence-electron chi connectivity index (χ4n) is 1.54. The smallest absolute Gasteiger partial charge is 0.418 e. The summed E-state index contributed by atoms with van der Waals surface area (Å²) in [5.41, 5.74) is 5.86. The van der Waals surface area contributed by atoms with Gasteiger partial charge in [-0.25, -0.2) is 14.5 Å². The van der Waals surface area contributed by atoms with Crippen LogP contribution in [0.15, 0.2) is 24.3 Å². The van der Waals surface area contributed by atoms with Gasteiger partial charge in [0.1, 0.15) is 5.75 Å². The molecular weight excluding hydrogens is 262 g/mol. The number of para-hydroxylation sites is 2. The van der Waals surface area contributed by atoms with Crippen molar-refractivity contribution in [2.75, 3.05) is 32.1 Å². The Bertz CT molecular complexity index is 465. The molecule has 0 heterocycles. The summed E-state index contributed by atoms with van der Waals surface area (Å²) in [7, 11) is 1.49. The van der Waals surface area contributed by atoms with Crippen LogP contribution in [-0.4, -0.2) is 43.8 Å². The SMILES string of the molecule is CCOC(=O)N(CCN)C(=O)Nc1ccccc1OC. The molecule has 7 nitrogen and oxygen atoms in total. The first-order chi connectivity index (χ1) is 9.63. The lowest BCUT2D eigenvalue weighted by Crippen LogP contribution is -2.43. The molecule has 0 radical (unpaired) electrons. The van der Waals surface area contributed by atoms with E-state index in [0.29, 0.717) is 11.4 Å². The highest BCUT2D eigenvalue weighted by molar-refractivity contribution is 5.99. The van der Waals surface area contributed by atoms with Gasteiger partial charge < -0.3 is 20.5 Å². The molecule has 0 aliphatic carbocycles. The van der Waals surface area contributed by atoms with E-state index in [-0.39, 0.29) is 19.7 Å². The first-order valence-electron chi connectivity index (χ1n) is 6.22. The summed E-state index contributed by atoms with van der Waals surface area (Å²) in [6.45, 7) is 2.07. The lowest BCUT2D eigenvalue weighted by atomic mass is 10.3. The second kappa shape index (κ2) is 8.00. The van der Waals surface area contributed by atoms with Gasteiger partial charge in [-0.3, -0.25) is 0 Å². The highest BCUT2D eigenvalue weighted by atomic mass is 16.6. The largest absolute Gasteiger partial charge is 0.495 e. The number of urea groups is 1. The minimum absolute atomic E-state index is 0.0693. The maximum absolute atomic E-state index is 12.1. The van der Waals surface area contributed by atoms with Crippen molar-refractivity contribution in [1.29, 1.82) is 0 Å². The standard InChI is InChI=1S/C13H19N3O4/c1-3-20-13(18)16(9-8-14)12(17)15-10-6-4-5-7-11(10)19-2/h4-7H,3,8-9,14H2,1-2H3,(H,15,17). The first-order valence-corrected chi connectivity index (χ1v) is 6.22. The Balaban J connectivity index is 2.82. The summed E-state index contributed by atoms with van der Waals surface area (Å²) in [6.07, 6.45) is -0.731. The number of nitrogens with one attached hydrogen (secondary N) is 1. The van der Waals surface area contributed by atoms with Crippen LogP contribution in [0.1, 0.15) is 6.92 Å². The summed E-state index contributed by atoms with van der Waals surface area (Å²) in [5, 5.41) is 2.59. The molecule has 0 unspecified atom stereocenters. The van der Waals surface area contributed by atoms with Gasteiger partial charge >= 0.3 is 12.1 Å². The van der Waals surface area contributed by atoms with E-state index in [2.05, 4.69) is 5.32 Å². The van der Waals surface area contributed by atoms with Gasteiger partial charge in [0.25, 0.3) is 0 Å². The van der Waals surface area contributed by atoms with Crippen molar-refractivity contribution in [3.63, 3.8) is 0 Å². The van der Waals surface area contributed by atoms with Crippen LogP contribution in [-0.2, 0) is 4.74 Å². The van der Waals surface area contributed by atoms with E-state index < -0.39 is 12.1 Å². The molecule has 0 saturated heterocycles. The molecule has 1 rings (SSSR count). The number of amides is 3. The number of hydrogen-bond donors (Lipinski definition) is 2. The maximum Gasteiger partial charge on any atom is 0.418 e. The number of carbonyl (C=O) groups is 2. The van der Waals surface area contributed by atoms with Crippen molar-refractivity contribution >= 4 is 17.8 Å². The number of methoxy groups -OCH3 is 1. The Labute approximate surface area is 117 Å². The van der Waals surface area contributed by atoms with Crippen molar-refractivity contribution < 1.29 is 19.1 Å². The van der Waals surface area contributed by atoms with Crippen molar-refractivity contribution in [2.24, 2.45) is 5.73 Å². The van der Waals surface area contributed by atoms with Crippen LogP contribution in [0, 0.1) is 0 Å². The van der Waals surface area contributed by atoms with E-state index in [1.165, 1.54) is 7.11 Å². The zero-order chi connectivity index (χ0) is 15.0. The second-order valence-corrected chi connectivity index (χ2v) is 3.77. The van der Waals surface area contributed by atoms with Crippen molar-refractivity contribution in [3.05, 3.63) is 24.3 Å². The molecule has 0 aliphatic rings. The highest BCUT2D eigenvalue weighted by Gasteiger charge is 2.22. The highest BCUT2D eigenvalue weighted by Crippen LogP contribution is 2.23. The number of carbonyl (C=O) groups excluding carboxylic acids is 2. The number of anilines is 1. The van der Waals surface area contributed by atoms with E-state index >= 15 is 0 Å². The van der Waals surface area contributed by atoms with Gasteiger partial charge in [0.05, 0.1) is 19.4 Å². The molecular formula is C13H19N3O4. The molecule has 1 aromatic carbocycles. The Kier molecular flexibility index (Phi) is 6.31. The number of benzene rings is 1. The predicted molar refractivity (Wildman–Crippen MR) is 74.8 cm³/mol. The molecule has 0 aliphatic heterocycles. The van der Waals surface area contributed by atoms with E-state index in [9.17, 15) is 9.59 Å². The minimum Gasteiger partial charge on any atom is -0.495 e. The second-order valence-electron chi connectivity index (χ2n) is 3.77. The van der Waals surface area contributed by atoms with Crippen LogP contribution >= 0.6 is 0 Å². The molecule has 3 amide bonds. The van der Waals surface area contributed by atoms with E-state index in [1.54, 1.807) is 31.2 Å². The summed E-state index contributed by atoms with van der Waals surface area (Å²) in [5.74, 6) is 0.498. The molecule has 1 aromatic rings. The van der Waals surface area contributed by atoms with E-state index in [0.717, 1.165) is 4.90 Å². The molecule has 0 aromatic heterocycles. The summed E-state index contributed by atoms with van der Waals surface area (Å²) >= 11 is 0. The van der Waals surface area contributed by atoms with Gasteiger partial charge in [0, 0.05) is 13.1 Å². The van der Waals surface area contributed by atoms with Gasteiger partial charge in [-0.15, -0.1) is 0 Å². The average molecular weight is 281 g/mol. The fraction of sp³-hybridized carbons (Fsp3) is 0.385. The number of ether oxygens (including phenoxy) is 2. The van der Waals surface area contributed by atoms with Gasteiger partial charge in [0.15, 0.2) is 0 Å². The Morgan fingerprint density at radius 3 is 2.65 bits per heavy atom. The third-order valence-electron chi connectivity index (χ3n) is 2.43.